The van der Waals surface area contributed by atoms with E-state index in [-0.39, 0.29) is 5.82 Å². The average molecular weight is 218 g/mol. The Morgan fingerprint density at radius 2 is 2.06 bits per heavy atom. The predicted octanol–water partition coefficient (Wildman–Crippen LogP) is 2.48. The third kappa shape index (κ3) is 2.11. The number of nitrogens with zero attached hydrogens (tertiary/aromatic N) is 1. The third-order valence-electron chi connectivity index (χ3n) is 2.15. The van der Waals surface area contributed by atoms with Crippen molar-refractivity contribution < 1.29 is 9.13 Å². The van der Waals surface area contributed by atoms with Gasteiger partial charge < -0.3 is 10.5 Å². The maximum Gasteiger partial charge on any atom is 0.215 e. The van der Waals surface area contributed by atoms with Gasteiger partial charge in [0.25, 0.3) is 0 Å². The summed E-state index contributed by atoms with van der Waals surface area (Å²) >= 11 is 0. The van der Waals surface area contributed by atoms with Gasteiger partial charge in [0, 0.05) is 17.3 Å². The van der Waals surface area contributed by atoms with Crippen molar-refractivity contribution >= 4 is 5.69 Å². The molecule has 1 aromatic heterocycles. The van der Waals surface area contributed by atoms with Crippen molar-refractivity contribution in [1.82, 2.24) is 4.98 Å². The van der Waals surface area contributed by atoms with Gasteiger partial charge in [-0.05, 0) is 18.2 Å². The van der Waals surface area contributed by atoms with Crippen molar-refractivity contribution in [2.75, 3.05) is 12.8 Å². The number of methoxy groups -OCH3 is 1. The van der Waals surface area contributed by atoms with Gasteiger partial charge in [0.05, 0.1) is 12.8 Å². The molecule has 2 N–H and O–H groups in total. The zero-order valence-electron chi connectivity index (χ0n) is 8.77. The highest BCUT2D eigenvalue weighted by Crippen LogP contribution is 2.23. The van der Waals surface area contributed by atoms with Crippen molar-refractivity contribution in [3.8, 4) is 17.1 Å². The Morgan fingerprint density at radius 1 is 1.25 bits per heavy atom. The minimum atomic E-state index is -0.305. The van der Waals surface area contributed by atoms with Crippen LogP contribution in [-0.4, -0.2) is 12.1 Å². The molecule has 0 saturated heterocycles. The molecule has 1 heterocycles. The molecule has 0 fully saturated rings. The number of benzene rings is 1. The van der Waals surface area contributed by atoms with Crippen molar-refractivity contribution in [1.29, 1.82) is 0 Å². The zero-order valence-corrected chi connectivity index (χ0v) is 8.77. The number of nitrogen functional groups attached to an aromatic ring is 1. The first-order valence-electron chi connectivity index (χ1n) is 4.76. The number of aromatic nitrogens is 1. The van der Waals surface area contributed by atoms with Gasteiger partial charge in [-0.1, -0.05) is 12.1 Å². The molecule has 0 unspecified atom stereocenters. The van der Waals surface area contributed by atoms with E-state index in [1.807, 2.05) is 0 Å². The molecule has 0 aliphatic rings. The topological polar surface area (TPSA) is 48.1 Å². The fraction of sp³-hybridized carbons (Fsp3) is 0.0833. The Labute approximate surface area is 92.7 Å². The Morgan fingerprint density at radius 3 is 2.75 bits per heavy atom. The minimum Gasteiger partial charge on any atom is -0.481 e. The van der Waals surface area contributed by atoms with Crippen LogP contribution in [0, 0.1) is 5.82 Å². The summed E-state index contributed by atoms with van der Waals surface area (Å²) in [7, 11) is 1.51. The molecule has 3 nitrogen and oxygen atoms in total. The van der Waals surface area contributed by atoms with Gasteiger partial charge in [-0.15, -0.1) is 0 Å². The van der Waals surface area contributed by atoms with Crippen LogP contribution in [0.15, 0.2) is 36.4 Å². The van der Waals surface area contributed by atoms with E-state index >= 15 is 0 Å². The average Bonchev–Trinajstić information content (AvgIpc) is 2.28. The van der Waals surface area contributed by atoms with E-state index in [9.17, 15) is 4.39 Å². The number of pyridine rings is 1. The van der Waals surface area contributed by atoms with Crippen molar-refractivity contribution in [3.05, 3.63) is 42.2 Å². The fourth-order valence-corrected chi connectivity index (χ4v) is 1.43. The largest absolute Gasteiger partial charge is 0.481 e. The maximum atomic E-state index is 13.0. The molecule has 2 aromatic rings. The highest BCUT2D eigenvalue weighted by atomic mass is 19.1. The molecule has 2 rings (SSSR count). The molecule has 0 saturated carbocycles. The lowest BCUT2D eigenvalue weighted by Crippen LogP contribution is -1.94. The minimum absolute atomic E-state index is 0.305. The number of ether oxygens (including phenoxy) is 1. The Bertz CT molecular complexity index is 514. The SMILES string of the molecule is COc1cc(N)cc(-c2cccc(F)c2)n1. The maximum absolute atomic E-state index is 13.0. The second-order valence-corrected chi connectivity index (χ2v) is 3.34. The first-order chi connectivity index (χ1) is 7.69. The second kappa shape index (κ2) is 4.18. The molecule has 82 valence electrons. The Balaban J connectivity index is 2.51. The van der Waals surface area contributed by atoms with Crippen LogP contribution in [0.25, 0.3) is 11.3 Å². The number of rotatable bonds is 2. The molecule has 4 heteroatoms. The first-order valence-corrected chi connectivity index (χ1v) is 4.76. The van der Waals surface area contributed by atoms with Gasteiger partial charge in [-0.3, -0.25) is 0 Å². The Hall–Kier alpha value is -2.10. The molecule has 0 bridgehead atoms. The number of nitrogens with two attached hydrogens (primary N) is 1. The van der Waals surface area contributed by atoms with Gasteiger partial charge in [0.2, 0.25) is 5.88 Å². The molecule has 0 spiro atoms. The normalized spacial score (nSPS) is 10.1. The number of hydrogen-bond donors (Lipinski definition) is 1. The number of hydrogen-bond acceptors (Lipinski definition) is 3. The van der Waals surface area contributed by atoms with Crippen molar-refractivity contribution in [3.63, 3.8) is 0 Å². The zero-order chi connectivity index (χ0) is 11.5. The van der Waals surface area contributed by atoms with Crippen LogP contribution in [0.4, 0.5) is 10.1 Å². The summed E-state index contributed by atoms with van der Waals surface area (Å²) in [5.41, 5.74) is 7.50. The Kier molecular flexibility index (Phi) is 2.72. The molecular weight excluding hydrogens is 207 g/mol. The number of anilines is 1. The molecule has 16 heavy (non-hydrogen) atoms. The summed E-state index contributed by atoms with van der Waals surface area (Å²) in [5.74, 6) is 0.111. The highest BCUT2D eigenvalue weighted by Gasteiger charge is 2.04. The smallest absolute Gasteiger partial charge is 0.215 e. The quantitative estimate of drug-likeness (QED) is 0.842. The van der Waals surface area contributed by atoms with Crippen molar-refractivity contribution in [2.24, 2.45) is 0 Å². The monoisotopic (exact) mass is 218 g/mol. The summed E-state index contributed by atoms with van der Waals surface area (Å²) < 4.78 is 18.0. The van der Waals surface area contributed by atoms with Gasteiger partial charge in [-0.2, -0.15) is 0 Å². The van der Waals surface area contributed by atoms with E-state index in [2.05, 4.69) is 4.98 Å². The van der Waals surface area contributed by atoms with E-state index in [1.165, 1.54) is 19.2 Å². The summed E-state index contributed by atoms with van der Waals surface area (Å²) in [6.07, 6.45) is 0. The summed E-state index contributed by atoms with van der Waals surface area (Å²) in [4.78, 5) is 4.19. The van der Waals surface area contributed by atoms with Gasteiger partial charge in [0.15, 0.2) is 0 Å². The summed E-state index contributed by atoms with van der Waals surface area (Å²) in [5, 5.41) is 0. The molecule has 0 radical (unpaired) electrons. The van der Waals surface area contributed by atoms with E-state index in [4.69, 9.17) is 10.5 Å². The summed E-state index contributed by atoms with van der Waals surface area (Å²) in [6, 6.07) is 9.47. The fourth-order valence-electron chi connectivity index (χ4n) is 1.43. The van der Waals surface area contributed by atoms with Crippen LogP contribution < -0.4 is 10.5 Å². The van der Waals surface area contributed by atoms with Crippen molar-refractivity contribution in [2.45, 2.75) is 0 Å². The highest BCUT2D eigenvalue weighted by molar-refractivity contribution is 5.64. The van der Waals surface area contributed by atoms with Crippen LogP contribution in [0.1, 0.15) is 0 Å². The first kappa shape index (κ1) is 10.4. The lowest BCUT2D eigenvalue weighted by Gasteiger charge is -2.05. The standard InChI is InChI=1S/C12H11FN2O/c1-16-12-7-10(14)6-11(15-12)8-3-2-4-9(13)5-8/h2-7H,1H3,(H2,14,15). The van der Waals surface area contributed by atoms with Gasteiger partial charge in [0.1, 0.15) is 5.82 Å². The van der Waals surface area contributed by atoms with E-state index < -0.39 is 0 Å². The van der Waals surface area contributed by atoms with E-state index in [0.717, 1.165) is 0 Å². The van der Waals surface area contributed by atoms with Crippen LogP contribution in [0.3, 0.4) is 0 Å². The van der Waals surface area contributed by atoms with Gasteiger partial charge in [-0.25, -0.2) is 9.37 Å². The van der Waals surface area contributed by atoms with E-state index in [0.29, 0.717) is 22.8 Å². The van der Waals surface area contributed by atoms with Crippen LogP contribution in [0.2, 0.25) is 0 Å². The second-order valence-electron chi connectivity index (χ2n) is 3.34. The molecular formula is C12H11FN2O. The van der Waals surface area contributed by atoms with Crippen LogP contribution in [0.5, 0.6) is 5.88 Å². The molecule has 0 aliphatic carbocycles. The molecule has 0 atom stereocenters. The lowest BCUT2D eigenvalue weighted by atomic mass is 10.1. The molecule has 0 amide bonds. The van der Waals surface area contributed by atoms with Gasteiger partial charge >= 0.3 is 0 Å². The third-order valence-corrected chi connectivity index (χ3v) is 2.15. The number of halogens is 1. The summed E-state index contributed by atoms with van der Waals surface area (Å²) in [6.45, 7) is 0. The molecule has 1 aromatic carbocycles. The lowest BCUT2D eigenvalue weighted by molar-refractivity contribution is 0.398. The van der Waals surface area contributed by atoms with Crippen LogP contribution >= 0.6 is 0 Å². The van der Waals surface area contributed by atoms with E-state index in [1.54, 1.807) is 24.3 Å². The predicted molar refractivity (Wildman–Crippen MR) is 60.6 cm³/mol. The molecule has 0 aliphatic heterocycles. The van der Waals surface area contributed by atoms with Crippen LogP contribution in [-0.2, 0) is 0 Å².